The van der Waals surface area contributed by atoms with Crippen LogP contribution in [0.15, 0.2) is 74.4 Å². The number of carboxylic acid groups (broad SMARTS) is 1. The topological polar surface area (TPSA) is 89.9 Å². The molecule has 202 valence electrons. The summed E-state index contributed by atoms with van der Waals surface area (Å²) in [6.07, 6.45) is 10.8. The SMILES string of the molecule is C=C(C)C(=O)O.C=CC(=O)OCC(CC)CCCC.C=CC(=O)OCCCC.C=Cc1ccccc1. The largest absolute Gasteiger partial charge is 0.478 e. The second-order valence-electron chi connectivity index (χ2n) is 7.68. The molecule has 0 heterocycles. The van der Waals surface area contributed by atoms with Crippen LogP contribution in [0.2, 0.25) is 0 Å². The Labute approximate surface area is 218 Å². The molecule has 0 fully saturated rings. The highest BCUT2D eigenvalue weighted by atomic mass is 16.5. The molecule has 0 saturated heterocycles. The maximum Gasteiger partial charge on any atom is 0.330 e. The van der Waals surface area contributed by atoms with Gasteiger partial charge >= 0.3 is 17.9 Å². The predicted molar refractivity (Wildman–Crippen MR) is 150 cm³/mol. The second kappa shape index (κ2) is 27.8. The van der Waals surface area contributed by atoms with Crippen molar-refractivity contribution in [3.05, 3.63) is 79.9 Å². The van der Waals surface area contributed by atoms with Crippen LogP contribution in [0.3, 0.4) is 0 Å². The van der Waals surface area contributed by atoms with E-state index in [9.17, 15) is 14.4 Å². The van der Waals surface area contributed by atoms with E-state index in [1.807, 2.05) is 43.3 Å². The van der Waals surface area contributed by atoms with Crippen molar-refractivity contribution in [2.75, 3.05) is 13.2 Å². The summed E-state index contributed by atoms with van der Waals surface area (Å²) in [5, 5.41) is 7.89. The molecule has 0 bridgehead atoms. The molecule has 0 aromatic heterocycles. The van der Waals surface area contributed by atoms with Crippen LogP contribution in [0.4, 0.5) is 0 Å². The molecule has 0 aliphatic carbocycles. The van der Waals surface area contributed by atoms with E-state index in [-0.39, 0.29) is 17.5 Å². The first kappa shape index (κ1) is 37.1. The number of carboxylic acids is 1. The zero-order valence-electron chi connectivity index (χ0n) is 22.7. The monoisotopic (exact) mass is 502 g/mol. The molecule has 1 aromatic rings. The number of benzene rings is 1. The lowest BCUT2D eigenvalue weighted by atomic mass is 10.0. The Bertz CT molecular complexity index is 740. The van der Waals surface area contributed by atoms with Crippen LogP contribution in [0.5, 0.6) is 0 Å². The minimum absolute atomic E-state index is 0.176. The highest BCUT2D eigenvalue weighted by Crippen LogP contribution is 2.12. The molecule has 1 atom stereocenters. The Morgan fingerprint density at radius 3 is 1.78 bits per heavy atom. The van der Waals surface area contributed by atoms with Gasteiger partial charge in [-0.3, -0.25) is 0 Å². The van der Waals surface area contributed by atoms with Crippen LogP contribution < -0.4 is 0 Å². The summed E-state index contributed by atoms with van der Waals surface area (Å²) < 4.78 is 9.66. The van der Waals surface area contributed by atoms with E-state index in [1.54, 1.807) is 0 Å². The number of hydrogen-bond acceptors (Lipinski definition) is 5. The van der Waals surface area contributed by atoms with Crippen LogP contribution in [0.25, 0.3) is 6.08 Å². The molecule has 36 heavy (non-hydrogen) atoms. The van der Waals surface area contributed by atoms with Crippen molar-refractivity contribution in [3.8, 4) is 0 Å². The summed E-state index contributed by atoms with van der Waals surface area (Å²) in [6, 6.07) is 10.0. The van der Waals surface area contributed by atoms with Gasteiger partial charge in [0.25, 0.3) is 0 Å². The maximum absolute atomic E-state index is 10.8. The van der Waals surface area contributed by atoms with Crippen LogP contribution in [0, 0.1) is 5.92 Å². The Morgan fingerprint density at radius 2 is 1.42 bits per heavy atom. The Balaban J connectivity index is -0.000000419. The van der Waals surface area contributed by atoms with Gasteiger partial charge in [-0.2, -0.15) is 0 Å². The van der Waals surface area contributed by atoms with E-state index in [0.29, 0.717) is 19.1 Å². The number of carbonyl (C=O) groups excluding carboxylic acids is 2. The van der Waals surface area contributed by atoms with Crippen molar-refractivity contribution in [2.24, 2.45) is 5.92 Å². The third kappa shape index (κ3) is 28.6. The number of esters is 2. The van der Waals surface area contributed by atoms with Gasteiger partial charge in [-0.1, -0.05) is 109 Å². The van der Waals surface area contributed by atoms with Crippen molar-refractivity contribution in [1.82, 2.24) is 0 Å². The smallest absolute Gasteiger partial charge is 0.330 e. The molecule has 0 aliphatic heterocycles. The van der Waals surface area contributed by atoms with Gasteiger partial charge in [0.15, 0.2) is 0 Å². The third-order valence-corrected chi connectivity index (χ3v) is 4.48. The third-order valence-electron chi connectivity index (χ3n) is 4.48. The Morgan fingerprint density at radius 1 is 0.917 bits per heavy atom. The molecule has 0 amide bonds. The second-order valence-corrected chi connectivity index (χ2v) is 7.68. The van der Waals surface area contributed by atoms with E-state index < -0.39 is 5.97 Å². The van der Waals surface area contributed by atoms with E-state index in [1.165, 1.54) is 37.5 Å². The molecule has 6 nitrogen and oxygen atoms in total. The van der Waals surface area contributed by atoms with Crippen molar-refractivity contribution in [2.45, 2.75) is 66.2 Å². The van der Waals surface area contributed by atoms with Crippen molar-refractivity contribution in [1.29, 1.82) is 0 Å². The lowest BCUT2D eigenvalue weighted by Crippen LogP contribution is -2.12. The first-order valence-electron chi connectivity index (χ1n) is 12.3. The molecule has 0 radical (unpaired) electrons. The highest BCUT2D eigenvalue weighted by Gasteiger charge is 2.07. The van der Waals surface area contributed by atoms with E-state index in [0.717, 1.165) is 25.7 Å². The van der Waals surface area contributed by atoms with Crippen molar-refractivity contribution < 1.29 is 29.0 Å². The fraction of sp³-hybridized carbons (Fsp3) is 0.433. The van der Waals surface area contributed by atoms with E-state index in [2.05, 4.69) is 44.9 Å². The molecule has 0 saturated carbocycles. The predicted octanol–water partition coefficient (Wildman–Crippen LogP) is 7.42. The summed E-state index contributed by atoms with van der Waals surface area (Å²) in [6.45, 7) is 22.2. The molecule has 1 rings (SSSR count). The fourth-order valence-corrected chi connectivity index (χ4v) is 2.12. The van der Waals surface area contributed by atoms with Crippen molar-refractivity contribution in [3.63, 3.8) is 0 Å². The van der Waals surface area contributed by atoms with Gasteiger partial charge in [0.1, 0.15) is 0 Å². The summed E-state index contributed by atoms with van der Waals surface area (Å²) in [7, 11) is 0. The first-order chi connectivity index (χ1) is 17.1. The van der Waals surface area contributed by atoms with Crippen molar-refractivity contribution >= 4 is 24.0 Å². The summed E-state index contributed by atoms with van der Waals surface area (Å²) >= 11 is 0. The van der Waals surface area contributed by atoms with E-state index in [4.69, 9.17) is 9.84 Å². The van der Waals surface area contributed by atoms with Crippen LogP contribution in [-0.2, 0) is 23.9 Å². The number of hydrogen-bond donors (Lipinski definition) is 1. The molecule has 1 N–H and O–H groups in total. The number of carbonyl (C=O) groups is 3. The van der Waals surface area contributed by atoms with Gasteiger partial charge in [0.2, 0.25) is 0 Å². The normalized spacial score (nSPS) is 9.67. The van der Waals surface area contributed by atoms with Gasteiger partial charge in [-0.25, -0.2) is 14.4 Å². The molecule has 0 aliphatic rings. The van der Waals surface area contributed by atoms with Gasteiger partial charge in [0.05, 0.1) is 13.2 Å². The minimum atomic E-state index is -0.935. The first-order valence-corrected chi connectivity index (χ1v) is 12.3. The standard InChI is InChI=1S/C11H20O2.C8H8.C7H12O2.C4H6O2/c1-4-7-8-10(5-2)9-13-11(12)6-3;1-2-8-6-4-3-5-7-8;1-3-5-6-9-7(8)4-2;1-3(2)4(5)6/h6,10H,3-5,7-9H2,1-2H3;2-7H,1H2;4H,2-3,5-6H2,1H3;1H2,2H3,(H,5,6). The number of ether oxygens (including phenoxy) is 2. The van der Waals surface area contributed by atoms with Crippen LogP contribution >= 0.6 is 0 Å². The zero-order chi connectivity index (χ0) is 28.2. The maximum atomic E-state index is 10.8. The van der Waals surface area contributed by atoms with Gasteiger partial charge < -0.3 is 14.6 Å². The van der Waals surface area contributed by atoms with Gasteiger partial charge in [0, 0.05) is 17.7 Å². The minimum Gasteiger partial charge on any atom is -0.478 e. The number of aliphatic carboxylic acids is 1. The average Bonchev–Trinajstić information content (AvgIpc) is 2.90. The van der Waals surface area contributed by atoms with Gasteiger partial charge in [-0.15, -0.1) is 0 Å². The van der Waals surface area contributed by atoms with Gasteiger partial charge in [-0.05, 0) is 31.2 Å². The molecule has 0 spiro atoms. The fourth-order valence-electron chi connectivity index (χ4n) is 2.12. The zero-order valence-corrected chi connectivity index (χ0v) is 22.7. The number of unbranched alkanes of at least 4 members (excludes halogenated alkanes) is 2. The number of rotatable bonds is 13. The average molecular weight is 503 g/mol. The lowest BCUT2D eigenvalue weighted by Gasteiger charge is -2.13. The molecular weight excluding hydrogens is 456 g/mol. The van der Waals surface area contributed by atoms with E-state index >= 15 is 0 Å². The molecule has 6 heteroatoms. The molecule has 1 unspecified atom stereocenters. The molecular formula is C30H46O6. The highest BCUT2D eigenvalue weighted by molar-refractivity contribution is 5.84. The summed E-state index contributed by atoms with van der Waals surface area (Å²) in [4.78, 5) is 30.7. The Kier molecular flexibility index (Phi) is 28.7. The lowest BCUT2D eigenvalue weighted by molar-refractivity contribution is -0.139. The Hall–Kier alpha value is -3.41. The quantitative estimate of drug-likeness (QED) is 0.171. The molecule has 1 aromatic carbocycles. The van der Waals surface area contributed by atoms with Crippen LogP contribution in [-0.4, -0.2) is 36.2 Å². The summed E-state index contributed by atoms with van der Waals surface area (Å²) in [5.74, 6) is -1.06. The van der Waals surface area contributed by atoms with Crippen LogP contribution in [0.1, 0.15) is 71.8 Å². The summed E-state index contributed by atoms with van der Waals surface area (Å²) in [5.41, 5.74) is 1.35.